The van der Waals surface area contributed by atoms with Crippen LogP contribution in [0, 0.1) is 0 Å². The van der Waals surface area contributed by atoms with Gasteiger partial charge in [-0.25, -0.2) is 24.0 Å². The molecule has 10 N–H and O–H groups in total. The highest BCUT2D eigenvalue weighted by molar-refractivity contribution is 5.77. The van der Waals surface area contributed by atoms with E-state index in [0.717, 1.165) is 49.8 Å². The molecule has 68 heavy (non-hydrogen) atoms. The average molecular weight is 997 g/mol. The first-order valence-corrected chi connectivity index (χ1v) is 20.3. The molecule has 5 rings (SSSR count). The highest BCUT2D eigenvalue weighted by Crippen LogP contribution is 2.37. The quantitative estimate of drug-likeness (QED) is 0.0538. The Morgan fingerprint density at radius 1 is 0.279 bits per heavy atom. The van der Waals surface area contributed by atoms with Gasteiger partial charge in [0.25, 0.3) is 0 Å². The van der Waals surface area contributed by atoms with Crippen LogP contribution in [0.25, 0.3) is 0 Å². The number of carbonyl (C=O) groups is 5. The molecule has 25 atom stereocenters. The molecule has 5 aliphatic heterocycles. The summed E-state index contributed by atoms with van der Waals surface area (Å²) in [5.41, 5.74) is 0. The summed E-state index contributed by atoms with van der Waals surface area (Å²) in [6.07, 6.45) is -52.0. The van der Waals surface area contributed by atoms with E-state index in [0.29, 0.717) is 0 Å². The van der Waals surface area contributed by atoms with Crippen LogP contribution in [-0.2, 0) is 99.8 Å². The normalized spacial score (nSPS) is 45.3. The first-order chi connectivity index (χ1) is 32.1. The zero-order valence-corrected chi connectivity index (χ0v) is 37.0. The summed E-state index contributed by atoms with van der Waals surface area (Å²) in [5.74, 6) is -6.30. The van der Waals surface area contributed by atoms with E-state index in [1.165, 1.54) is 0 Å². The minimum atomic E-state index is -2.38. The fraction of sp³-hybridized carbons (Fsp3) is 0.865. The van der Waals surface area contributed by atoms with E-state index in [2.05, 4.69) is 9.47 Å². The van der Waals surface area contributed by atoms with Crippen LogP contribution in [0.2, 0.25) is 0 Å². The van der Waals surface area contributed by atoms with Gasteiger partial charge in [-0.1, -0.05) is 0 Å². The van der Waals surface area contributed by atoms with Gasteiger partial charge in [0.2, 0.25) is 0 Å². The summed E-state index contributed by atoms with van der Waals surface area (Å²) in [5, 5.41) is 110. The molecule has 0 amide bonds. The maximum atomic E-state index is 13.2. The summed E-state index contributed by atoms with van der Waals surface area (Å²) in [4.78, 5) is 64.3. The van der Waals surface area contributed by atoms with Gasteiger partial charge < -0.3 is 127 Å². The van der Waals surface area contributed by atoms with Crippen LogP contribution in [0.3, 0.4) is 0 Å². The van der Waals surface area contributed by atoms with Crippen LogP contribution in [-0.4, -0.2) is 284 Å². The van der Waals surface area contributed by atoms with Crippen LogP contribution in [0.15, 0.2) is 0 Å². The third-order valence-electron chi connectivity index (χ3n) is 11.6. The molecule has 25 unspecified atom stereocenters. The number of hydrogen-bond donors (Lipinski definition) is 10. The van der Waals surface area contributed by atoms with Gasteiger partial charge in [0.05, 0.1) is 35.5 Å². The van der Waals surface area contributed by atoms with Crippen molar-refractivity contribution in [2.45, 2.75) is 154 Å². The van der Waals surface area contributed by atoms with Crippen LogP contribution < -0.4 is 0 Å². The molecule has 0 aliphatic carbocycles. The van der Waals surface area contributed by atoms with Gasteiger partial charge >= 0.3 is 29.8 Å². The third-order valence-corrected chi connectivity index (χ3v) is 11.6. The van der Waals surface area contributed by atoms with E-state index in [1.807, 2.05) is 0 Å². The Morgan fingerprint density at radius 2 is 0.471 bits per heavy atom. The standard InChI is InChI=1S/C37H56O31/c1-53-18-8(38)14(44)34(65-23(18)28(48)54-2)61-20-10(40)16(46)36(67-25(20)30(50)56-4)63-22-12(42)17(47)37(68-27(22)32(52)58-6)62-21-11(41)15(45)35(66-26(21)31(51)57-5)60-19-9(39)13(43)33(59-7)64-24(19)29(49)55-3/h8-27,33-47H,1-7H3. The second-order valence-electron chi connectivity index (χ2n) is 15.5. The zero-order valence-electron chi connectivity index (χ0n) is 37.0. The monoisotopic (exact) mass is 996 g/mol. The van der Waals surface area contributed by atoms with E-state index in [-0.39, 0.29) is 0 Å². The number of esters is 5. The molecular formula is C37H56O31. The second-order valence-corrected chi connectivity index (χ2v) is 15.5. The fourth-order valence-corrected chi connectivity index (χ4v) is 7.85. The summed E-state index contributed by atoms with van der Waals surface area (Å²) in [6, 6.07) is 0. The number of ether oxygens (including phenoxy) is 16. The molecule has 0 saturated carbocycles. The summed E-state index contributed by atoms with van der Waals surface area (Å²) in [6.45, 7) is 0. The van der Waals surface area contributed by atoms with Gasteiger partial charge in [0, 0.05) is 14.2 Å². The predicted octanol–water partition coefficient (Wildman–Crippen LogP) is -9.71. The van der Waals surface area contributed by atoms with Crippen molar-refractivity contribution in [2.24, 2.45) is 0 Å². The molecule has 0 spiro atoms. The van der Waals surface area contributed by atoms with Crippen LogP contribution in [0.5, 0.6) is 0 Å². The van der Waals surface area contributed by atoms with Crippen molar-refractivity contribution in [2.75, 3.05) is 49.8 Å². The largest absolute Gasteiger partial charge is 0.467 e. The highest BCUT2D eigenvalue weighted by Gasteiger charge is 2.60. The third kappa shape index (κ3) is 11.0. The number of methoxy groups -OCH3 is 7. The van der Waals surface area contributed by atoms with Crippen molar-refractivity contribution < 1.29 is 151 Å². The van der Waals surface area contributed by atoms with E-state index in [9.17, 15) is 75.0 Å². The number of aliphatic hydroxyl groups is 10. The molecule has 5 fully saturated rings. The van der Waals surface area contributed by atoms with Crippen molar-refractivity contribution >= 4 is 29.8 Å². The topological polar surface area (TPSA) is 435 Å². The van der Waals surface area contributed by atoms with Crippen LogP contribution in [0.1, 0.15) is 0 Å². The molecule has 5 saturated heterocycles. The Kier molecular flexibility index (Phi) is 19.3. The molecule has 390 valence electrons. The van der Waals surface area contributed by atoms with Gasteiger partial charge in [-0.05, 0) is 0 Å². The lowest BCUT2D eigenvalue weighted by Crippen LogP contribution is -2.69. The number of carbonyl (C=O) groups excluding carboxylic acids is 5. The molecule has 31 nitrogen and oxygen atoms in total. The zero-order chi connectivity index (χ0) is 50.6. The van der Waals surface area contributed by atoms with Crippen molar-refractivity contribution in [1.82, 2.24) is 0 Å². The molecule has 0 aromatic rings. The lowest BCUT2D eigenvalue weighted by atomic mass is 9.95. The molecule has 5 aliphatic rings. The van der Waals surface area contributed by atoms with E-state index in [1.54, 1.807) is 0 Å². The van der Waals surface area contributed by atoms with Crippen molar-refractivity contribution in [3.8, 4) is 0 Å². The molecular weight excluding hydrogens is 940 g/mol. The van der Waals surface area contributed by atoms with E-state index >= 15 is 0 Å². The maximum absolute atomic E-state index is 13.2. The lowest BCUT2D eigenvalue weighted by molar-refractivity contribution is -0.384. The van der Waals surface area contributed by atoms with Gasteiger partial charge in [0.1, 0.15) is 91.6 Å². The molecule has 0 bridgehead atoms. The predicted molar refractivity (Wildman–Crippen MR) is 201 cm³/mol. The fourth-order valence-electron chi connectivity index (χ4n) is 7.85. The number of rotatable bonds is 15. The first-order valence-electron chi connectivity index (χ1n) is 20.3. The smallest absolute Gasteiger partial charge is 0.337 e. The molecule has 0 aromatic heterocycles. The Morgan fingerprint density at radius 3 is 0.676 bits per heavy atom. The minimum Gasteiger partial charge on any atom is -0.467 e. The Bertz CT molecular complexity index is 1720. The van der Waals surface area contributed by atoms with E-state index < -0.39 is 183 Å². The highest BCUT2D eigenvalue weighted by atomic mass is 16.8. The average Bonchev–Trinajstić information content (AvgIpc) is 3.34. The first kappa shape index (κ1) is 55.4. The summed E-state index contributed by atoms with van der Waals surface area (Å²) < 4.78 is 83.5. The number of aliphatic hydroxyl groups excluding tert-OH is 10. The summed E-state index contributed by atoms with van der Waals surface area (Å²) >= 11 is 0. The van der Waals surface area contributed by atoms with E-state index in [4.69, 9.17) is 66.3 Å². The molecule has 0 aromatic carbocycles. The van der Waals surface area contributed by atoms with Crippen molar-refractivity contribution in [1.29, 1.82) is 0 Å². The van der Waals surface area contributed by atoms with Crippen LogP contribution in [0.4, 0.5) is 0 Å². The Balaban J connectivity index is 1.35. The summed E-state index contributed by atoms with van der Waals surface area (Å²) in [7, 11) is 6.67. The maximum Gasteiger partial charge on any atom is 0.337 e. The van der Waals surface area contributed by atoms with Crippen LogP contribution >= 0.6 is 0 Å². The van der Waals surface area contributed by atoms with Gasteiger partial charge in [-0.15, -0.1) is 0 Å². The van der Waals surface area contributed by atoms with Gasteiger partial charge in [-0.3, -0.25) is 0 Å². The second kappa shape index (κ2) is 23.6. The number of hydrogen-bond acceptors (Lipinski definition) is 31. The van der Waals surface area contributed by atoms with Gasteiger partial charge in [-0.2, -0.15) is 0 Å². The molecule has 31 heteroatoms. The van der Waals surface area contributed by atoms with Crippen molar-refractivity contribution in [3.63, 3.8) is 0 Å². The molecule has 5 heterocycles. The Labute approximate surface area is 383 Å². The SMILES string of the molecule is COC(=O)C1OC(OC2C(C(=O)OC)OC(OC3C(C(=O)OC)OC(OC4C(C(=O)OC)OC(OC5C(C(=O)OC)OC(OC)C(O)C5O)C(O)C4O)C(O)C3O)C(O)C2O)C(O)C(O)C1OC. The van der Waals surface area contributed by atoms with Crippen molar-refractivity contribution in [3.05, 3.63) is 0 Å². The minimum absolute atomic E-state index is 0.842. The molecule has 0 radical (unpaired) electrons. The Hall–Kier alpha value is -3.49. The van der Waals surface area contributed by atoms with Gasteiger partial charge in [0.15, 0.2) is 62.0 Å². The lowest BCUT2D eigenvalue weighted by Gasteiger charge is -2.48.